The molecule has 0 aliphatic carbocycles. The predicted octanol–water partition coefficient (Wildman–Crippen LogP) is 5.13. The molecule has 0 bridgehead atoms. The summed E-state index contributed by atoms with van der Waals surface area (Å²) in [5.74, 6) is 6.74. The fraction of sp³-hybridized carbons (Fsp3) is 0.396. The molecule has 16 heteroatoms. The number of rotatable bonds is 11. The van der Waals surface area contributed by atoms with Gasteiger partial charge in [0.15, 0.2) is 5.82 Å². The maximum Gasteiger partial charge on any atom is 0.257 e. The molecule has 5 aliphatic rings. The van der Waals surface area contributed by atoms with Crippen LogP contribution in [-0.4, -0.2) is 124 Å². The van der Waals surface area contributed by atoms with Crippen LogP contribution in [0.3, 0.4) is 0 Å². The molecule has 5 amide bonds. The van der Waals surface area contributed by atoms with Gasteiger partial charge in [-0.1, -0.05) is 30.0 Å². The molecule has 1 atom stereocenters. The van der Waals surface area contributed by atoms with Crippen LogP contribution in [0.4, 0.5) is 28.8 Å². The molecule has 0 spiro atoms. The van der Waals surface area contributed by atoms with Crippen LogP contribution in [0, 0.1) is 11.8 Å². The van der Waals surface area contributed by atoms with Crippen LogP contribution < -0.4 is 26.0 Å². The minimum atomic E-state index is -0.636. The fourth-order valence-corrected chi connectivity index (χ4v) is 9.27. The molecule has 1 unspecified atom stereocenters. The van der Waals surface area contributed by atoms with E-state index in [2.05, 4.69) is 52.9 Å². The average Bonchev–Trinajstić information content (AvgIpc) is 3.57. The van der Waals surface area contributed by atoms with Gasteiger partial charge in [-0.2, -0.15) is 4.98 Å². The summed E-state index contributed by atoms with van der Waals surface area (Å²) in [7, 11) is 0. The number of carbonyl (C=O) groups is 5. The Labute approximate surface area is 372 Å². The second-order valence-electron chi connectivity index (χ2n) is 16.7. The largest absolute Gasteiger partial charge is 0.492 e. The zero-order chi connectivity index (χ0) is 44.2. The number of nitrogens with one attached hydrogen (secondary N) is 4. The standard InChI is InChI=1S/C48H52N10O6/c1-2-64-41-28-32(15-16-38(41)52-48-49-29-39-43(54-48)50-37-14-7-6-12-35(37)44(60)51-39)46(62)57-22-19-33(20-23-57)56-26-24-55(25-27-56)21-8-4-3-5-10-31-11-9-13-34-36(31)30-58(47(34)63)40-17-18-42(59)53-45(40)61/h6-7,9,11-16,28-29,33,40H,2-4,8,17-27,30H2,1H3,(H,51,60)(H,53,59,61)(H2,49,50,52,54). The number of para-hydroxylation sites is 1. The second kappa shape index (κ2) is 18.9. The fourth-order valence-electron chi connectivity index (χ4n) is 9.27. The number of unbranched alkanes of at least 4 members (excludes halogenated alkanes) is 2. The van der Waals surface area contributed by atoms with Gasteiger partial charge in [0, 0.05) is 81.4 Å². The van der Waals surface area contributed by atoms with E-state index < -0.39 is 11.9 Å². The van der Waals surface area contributed by atoms with Gasteiger partial charge < -0.3 is 35.4 Å². The predicted molar refractivity (Wildman–Crippen MR) is 241 cm³/mol. The first kappa shape index (κ1) is 42.5. The molecule has 4 aromatic rings. The van der Waals surface area contributed by atoms with Crippen molar-refractivity contribution in [1.82, 2.24) is 34.9 Å². The second-order valence-corrected chi connectivity index (χ2v) is 16.7. The van der Waals surface area contributed by atoms with E-state index in [1.165, 1.54) is 0 Å². The Bertz CT molecular complexity index is 2540. The first-order valence-corrected chi connectivity index (χ1v) is 22.3. The number of ether oxygens (including phenoxy) is 1. The molecule has 1 aromatic heterocycles. The van der Waals surface area contributed by atoms with E-state index in [-0.39, 0.29) is 30.0 Å². The van der Waals surface area contributed by atoms with E-state index in [1.54, 1.807) is 35.4 Å². The Hall–Kier alpha value is -6.83. The number of anilines is 5. The highest BCUT2D eigenvalue weighted by atomic mass is 16.5. The van der Waals surface area contributed by atoms with Gasteiger partial charge in [-0.05, 0) is 93.6 Å². The molecule has 4 N–H and O–H groups in total. The summed E-state index contributed by atoms with van der Waals surface area (Å²) in [6.07, 6.45) is 6.80. The van der Waals surface area contributed by atoms with Crippen molar-refractivity contribution in [2.75, 3.05) is 68.4 Å². The highest BCUT2D eigenvalue weighted by molar-refractivity contribution is 6.11. The number of imide groups is 1. The van der Waals surface area contributed by atoms with E-state index in [1.807, 2.05) is 48.2 Å². The van der Waals surface area contributed by atoms with Crippen LogP contribution in [0.5, 0.6) is 5.75 Å². The average molecular weight is 865 g/mol. The van der Waals surface area contributed by atoms with Gasteiger partial charge in [0.1, 0.15) is 17.5 Å². The minimum Gasteiger partial charge on any atom is -0.492 e. The quantitative estimate of drug-likeness (QED) is 0.0888. The third-order valence-electron chi connectivity index (χ3n) is 12.7. The number of likely N-dealkylation sites (tertiary alicyclic amines) is 1. The van der Waals surface area contributed by atoms with E-state index >= 15 is 0 Å². The Morgan fingerprint density at radius 3 is 2.50 bits per heavy atom. The summed E-state index contributed by atoms with van der Waals surface area (Å²) in [5.41, 5.74) is 5.08. The zero-order valence-corrected chi connectivity index (χ0v) is 36.0. The van der Waals surface area contributed by atoms with Crippen molar-refractivity contribution < 1.29 is 28.7 Å². The highest BCUT2D eigenvalue weighted by Crippen LogP contribution is 2.34. The van der Waals surface area contributed by atoms with Crippen molar-refractivity contribution in [2.24, 2.45) is 0 Å². The number of hydrogen-bond donors (Lipinski definition) is 4. The number of benzene rings is 3. The molecule has 0 saturated carbocycles. The number of nitrogens with zero attached hydrogens (tertiary/aromatic N) is 6. The molecular weight excluding hydrogens is 813 g/mol. The summed E-state index contributed by atoms with van der Waals surface area (Å²) in [6, 6.07) is 18.0. The summed E-state index contributed by atoms with van der Waals surface area (Å²) in [4.78, 5) is 81.4. The normalized spacial score (nSPS) is 19.0. The van der Waals surface area contributed by atoms with E-state index in [4.69, 9.17) is 4.74 Å². The monoisotopic (exact) mass is 864 g/mol. The molecule has 6 heterocycles. The number of hydrogen-bond acceptors (Lipinski definition) is 12. The molecular formula is C48H52N10O6. The van der Waals surface area contributed by atoms with Crippen LogP contribution >= 0.6 is 0 Å². The van der Waals surface area contributed by atoms with Gasteiger partial charge in [0.05, 0.1) is 29.7 Å². The lowest BCUT2D eigenvalue weighted by molar-refractivity contribution is -0.136. The SMILES string of the molecule is CCOc1cc(C(=O)N2CCC(N3CCN(CCCCC#Cc4cccc5c4CN(C4CCC(=O)NC4=O)C5=O)CC3)CC2)ccc1Nc1ncc2c(n1)Nc1ccccc1C(=O)N2. The summed E-state index contributed by atoms with van der Waals surface area (Å²) < 4.78 is 5.98. The molecule has 3 saturated heterocycles. The van der Waals surface area contributed by atoms with Crippen molar-refractivity contribution in [2.45, 2.75) is 70.5 Å². The number of piperazine rings is 1. The molecule has 3 aromatic carbocycles. The lowest BCUT2D eigenvalue weighted by atomic mass is 10.0. The van der Waals surface area contributed by atoms with E-state index in [9.17, 15) is 24.0 Å². The van der Waals surface area contributed by atoms with Crippen molar-refractivity contribution in [3.63, 3.8) is 0 Å². The van der Waals surface area contributed by atoms with Gasteiger partial charge >= 0.3 is 0 Å². The minimum absolute atomic E-state index is 0.0143. The molecule has 5 aliphatic heterocycles. The van der Waals surface area contributed by atoms with Crippen LogP contribution in [0.15, 0.2) is 66.9 Å². The number of piperidine rings is 2. The third-order valence-corrected chi connectivity index (χ3v) is 12.7. The number of fused-ring (bicyclic) bond motifs is 3. The van der Waals surface area contributed by atoms with Crippen LogP contribution in [0.25, 0.3) is 0 Å². The molecule has 3 fully saturated rings. The molecule has 330 valence electrons. The van der Waals surface area contributed by atoms with Crippen LogP contribution in [0.1, 0.15) is 94.1 Å². The zero-order valence-electron chi connectivity index (χ0n) is 36.0. The van der Waals surface area contributed by atoms with Crippen LogP contribution in [-0.2, 0) is 16.1 Å². The van der Waals surface area contributed by atoms with Gasteiger partial charge in [0.2, 0.25) is 17.8 Å². The molecule has 64 heavy (non-hydrogen) atoms. The van der Waals surface area contributed by atoms with Crippen molar-refractivity contribution in [1.29, 1.82) is 0 Å². The summed E-state index contributed by atoms with van der Waals surface area (Å²) in [5, 5.41) is 11.7. The molecule has 0 radical (unpaired) electrons. The Balaban J connectivity index is 0.709. The maximum absolute atomic E-state index is 13.8. The number of aromatic nitrogens is 2. The summed E-state index contributed by atoms with van der Waals surface area (Å²) >= 11 is 0. The van der Waals surface area contributed by atoms with E-state index in [0.717, 1.165) is 76.0 Å². The van der Waals surface area contributed by atoms with Gasteiger partial charge in [-0.3, -0.25) is 34.2 Å². The summed E-state index contributed by atoms with van der Waals surface area (Å²) in [6.45, 7) is 9.15. The topological polar surface area (TPSA) is 181 Å². The van der Waals surface area contributed by atoms with Crippen LogP contribution in [0.2, 0.25) is 0 Å². The Morgan fingerprint density at radius 1 is 0.875 bits per heavy atom. The molecule has 16 nitrogen and oxygen atoms in total. The molecule has 9 rings (SSSR count). The smallest absolute Gasteiger partial charge is 0.257 e. The number of carbonyl (C=O) groups excluding carboxylic acids is 5. The van der Waals surface area contributed by atoms with Gasteiger partial charge in [-0.25, -0.2) is 4.98 Å². The van der Waals surface area contributed by atoms with Crippen molar-refractivity contribution in [3.05, 3.63) is 94.7 Å². The first-order valence-electron chi connectivity index (χ1n) is 22.3. The van der Waals surface area contributed by atoms with Crippen molar-refractivity contribution >= 4 is 58.4 Å². The van der Waals surface area contributed by atoms with Crippen molar-refractivity contribution in [3.8, 4) is 17.6 Å². The lowest BCUT2D eigenvalue weighted by Crippen LogP contribution is -2.53. The maximum atomic E-state index is 13.8. The number of amides is 5. The highest BCUT2D eigenvalue weighted by Gasteiger charge is 2.40. The van der Waals surface area contributed by atoms with E-state index in [0.29, 0.717) is 90.0 Å². The Morgan fingerprint density at radius 2 is 1.69 bits per heavy atom. The van der Waals surface area contributed by atoms with Gasteiger partial charge in [-0.15, -0.1) is 0 Å². The third kappa shape index (κ3) is 9.13. The lowest BCUT2D eigenvalue weighted by Gasteiger charge is -2.42. The Kier molecular flexibility index (Phi) is 12.5. The van der Waals surface area contributed by atoms with Gasteiger partial charge in [0.25, 0.3) is 17.7 Å². The first-order chi connectivity index (χ1) is 31.2.